The van der Waals surface area contributed by atoms with E-state index in [-0.39, 0.29) is 5.97 Å². The summed E-state index contributed by atoms with van der Waals surface area (Å²) < 4.78 is 5.39. The number of esters is 1. The molecule has 1 N–H and O–H groups in total. The van der Waals surface area contributed by atoms with Crippen molar-refractivity contribution in [2.24, 2.45) is 0 Å². The molecule has 1 atom stereocenters. The van der Waals surface area contributed by atoms with Crippen LogP contribution in [-0.4, -0.2) is 18.6 Å². The third-order valence-corrected chi connectivity index (χ3v) is 4.48. The Morgan fingerprint density at radius 2 is 1.86 bits per heavy atom. The minimum atomic E-state index is -0.709. The van der Waals surface area contributed by atoms with E-state index in [9.17, 15) is 4.79 Å². The highest BCUT2D eigenvalue weighted by Gasteiger charge is 2.41. The molecular formula is C18H27NO2. The lowest BCUT2D eigenvalue weighted by Gasteiger charge is -2.37. The second-order valence-electron chi connectivity index (χ2n) is 5.82. The van der Waals surface area contributed by atoms with Gasteiger partial charge in [-0.2, -0.15) is 0 Å². The predicted octanol–water partition coefficient (Wildman–Crippen LogP) is 3.78. The van der Waals surface area contributed by atoms with Crippen molar-refractivity contribution in [2.75, 3.05) is 6.61 Å². The summed E-state index contributed by atoms with van der Waals surface area (Å²) in [6.45, 7) is 4.34. The molecular weight excluding hydrogens is 262 g/mol. The maximum atomic E-state index is 12.7. The van der Waals surface area contributed by atoms with Crippen LogP contribution < -0.4 is 5.32 Å². The van der Waals surface area contributed by atoms with Gasteiger partial charge in [-0.1, -0.05) is 56.5 Å². The maximum Gasteiger partial charge on any atom is 0.330 e. The molecule has 1 aromatic carbocycles. The molecule has 0 aliphatic heterocycles. The Balaban J connectivity index is 2.29. The van der Waals surface area contributed by atoms with Crippen molar-refractivity contribution in [3.63, 3.8) is 0 Å². The molecule has 1 aliphatic rings. The van der Waals surface area contributed by atoms with E-state index in [1.807, 2.05) is 37.3 Å². The summed E-state index contributed by atoms with van der Waals surface area (Å²) >= 11 is 0. The smallest absolute Gasteiger partial charge is 0.330 e. The zero-order chi connectivity index (χ0) is 15.1. The van der Waals surface area contributed by atoms with Crippen LogP contribution in [0.25, 0.3) is 0 Å². The van der Waals surface area contributed by atoms with E-state index in [0.717, 1.165) is 18.4 Å². The Hall–Kier alpha value is -1.35. The third kappa shape index (κ3) is 3.65. The summed E-state index contributed by atoms with van der Waals surface area (Å²) in [5, 5.41) is 3.65. The Morgan fingerprint density at radius 1 is 1.19 bits per heavy atom. The van der Waals surface area contributed by atoms with Gasteiger partial charge in [-0.05, 0) is 31.7 Å². The lowest BCUT2D eigenvalue weighted by molar-refractivity contribution is -0.152. The van der Waals surface area contributed by atoms with Crippen molar-refractivity contribution in [2.45, 2.75) is 64.0 Å². The molecule has 0 spiro atoms. The second-order valence-corrected chi connectivity index (χ2v) is 5.82. The van der Waals surface area contributed by atoms with Crippen molar-refractivity contribution in [3.8, 4) is 0 Å². The SMILES string of the molecule is CCOC(=O)C(CC)(NC1CCCCC1)c1ccccc1. The van der Waals surface area contributed by atoms with E-state index >= 15 is 0 Å². The minimum Gasteiger partial charge on any atom is -0.464 e. The number of carbonyl (C=O) groups is 1. The normalized spacial score (nSPS) is 19.0. The molecule has 1 aliphatic carbocycles. The van der Waals surface area contributed by atoms with Crippen LogP contribution in [0, 0.1) is 0 Å². The quantitative estimate of drug-likeness (QED) is 0.810. The van der Waals surface area contributed by atoms with Crippen molar-refractivity contribution >= 4 is 5.97 Å². The van der Waals surface area contributed by atoms with E-state index in [0.29, 0.717) is 19.1 Å². The van der Waals surface area contributed by atoms with Crippen molar-refractivity contribution in [3.05, 3.63) is 35.9 Å². The van der Waals surface area contributed by atoms with E-state index in [1.165, 1.54) is 19.3 Å². The first-order valence-electron chi connectivity index (χ1n) is 8.23. The summed E-state index contributed by atoms with van der Waals surface area (Å²) in [7, 11) is 0. The number of carbonyl (C=O) groups excluding carboxylic acids is 1. The molecule has 116 valence electrons. The third-order valence-electron chi connectivity index (χ3n) is 4.48. The van der Waals surface area contributed by atoms with Gasteiger partial charge < -0.3 is 4.74 Å². The molecule has 2 rings (SSSR count). The van der Waals surface area contributed by atoms with Crippen LogP contribution in [0.4, 0.5) is 0 Å². The van der Waals surface area contributed by atoms with E-state index < -0.39 is 5.54 Å². The topological polar surface area (TPSA) is 38.3 Å². The second kappa shape index (κ2) is 7.60. The molecule has 1 unspecified atom stereocenters. The Bertz CT molecular complexity index is 440. The average Bonchev–Trinajstić information content (AvgIpc) is 2.54. The van der Waals surface area contributed by atoms with E-state index in [4.69, 9.17) is 4.74 Å². The zero-order valence-electron chi connectivity index (χ0n) is 13.2. The molecule has 1 saturated carbocycles. The first-order chi connectivity index (χ1) is 10.2. The number of rotatable bonds is 6. The molecule has 0 heterocycles. The van der Waals surface area contributed by atoms with Gasteiger partial charge in [0.05, 0.1) is 6.61 Å². The Kier molecular flexibility index (Phi) is 5.80. The first kappa shape index (κ1) is 16.0. The number of ether oxygens (including phenoxy) is 1. The Morgan fingerprint density at radius 3 is 2.43 bits per heavy atom. The van der Waals surface area contributed by atoms with Crippen LogP contribution in [0.1, 0.15) is 57.9 Å². The Labute approximate surface area is 128 Å². The van der Waals surface area contributed by atoms with Gasteiger partial charge >= 0.3 is 5.97 Å². The fourth-order valence-corrected chi connectivity index (χ4v) is 3.28. The molecule has 0 aromatic heterocycles. The first-order valence-corrected chi connectivity index (χ1v) is 8.23. The molecule has 0 bridgehead atoms. The largest absolute Gasteiger partial charge is 0.464 e. The van der Waals surface area contributed by atoms with Gasteiger partial charge in [0.1, 0.15) is 5.54 Å². The summed E-state index contributed by atoms with van der Waals surface area (Å²) in [5.41, 5.74) is 0.302. The van der Waals surface area contributed by atoms with Gasteiger partial charge in [-0.3, -0.25) is 5.32 Å². The average molecular weight is 289 g/mol. The van der Waals surface area contributed by atoms with Crippen LogP contribution in [0.2, 0.25) is 0 Å². The summed E-state index contributed by atoms with van der Waals surface area (Å²) in [6.07, 6.45) is 6.79. The summed E-state index contributed by atoms with van der Waals surface area (Å²) in [4.78, 5) is 12.7. The lowest BCUT2D eigenvalue weighted by atomic mass is 9.84. The molecule has 1 aromatic rings. The van der Waals surface area contributed by atoms with Crippen LogP contribution in [0.3, 0.4) is 0 Å². The molecule has 3 nitrogen and oxygen atoms in total. The number of benzene rings is 1. The monoisotopic (exact) mass is 289 g/mol. The highest BCUT2D eigenvalue weighted by atomic mass is 16.5. The van der Waals surface area contributed by atoms with E-state index in [1.54, 1.807) is 0 Å². The van der Waals surface area contributed by atoms with E-state index in [2.05, 4.69) is 12.2 Å². The highest BCUT2D eigenvalue weighted by molar-refractivity contribution is 5.82. The molecule has 21 heavy (non-hydrogen) atoms. The minimum absolute atomic E-state index is 0.149. The van der Waals surface area contributed by atoms with Gasteiger partial charge in [0.15, 0.2) is 0 Å². The predicted molar refractivity (Wildman–Crippen MR) is 85.1 cm³/mol. The standard InChI is InChI=1S/C18H27NO2/c1-3-18(17(20)21-4-2,15-11-7-5-8-12-15)19-16-13-9-6-10-14-16/h5,7-8,11-12,16,19H,3-4,6,9-10,13-14H2,1-2H3. The molecule has 3 heteroatoms. The van der Waals surface area contributed by atoms with Crippen molar-refractivity contribution in [1.29, 1.82) is 0 Å². The fourth-order valence-electron chi connectivity index (χ4n) is 3.28. The van der Waals surface area contributed by atoms with Gasteiger partial charge in [0, 0.05) is 6.04 Å². The lowest BCUT2D eigenvalue weighted by Crippen LogP contribution is -2.54. The van der Waals surface area contributed by atoms with Gasteiger partial charge in [0.2, 0.25) is 0 Å². The molecule has 1 fully saturated rings. The molecule has 0 saturated heterocycles. The fraction of sp³-hybridized carbons (Fsp3) is 0.611. The summed E-state index contributed by atoms with van der Waals surface area (Å²) in [6, 6.07) is 10.4. The van der Waals surface area contributed by atoms with Crippen LogP contribution in [0.5, 0.6) is 0 Å². The van der Waals surface area contributed by atoms with Crippen molar-refractivity contribution in [1.82, 2.24) is 5.32 Å². The zero-order valence-corrected chi connectivity index (χ0v) is 13.2. The maximum absolute atomic E-state index is 12.7. The summed E-state index contributed by atoms with van der Waals surface area (Å²) in [5.74, 6) is -0.149. The number of nitrogens with one attached hydrogen (secondary N) is 1. The molecule has 0 amide bonds. The van der Waals surface area contributed by atoms with Gasteiger partial charge in [0.25, 0.3) is 0 Å². The van der Waals surface area contributed by atoms with Crippen LogP contribution >= 0.6 is 0 Å². The van der Waals surface area contributed by atoms with Crippen molar-refractivity contribution < 1.29 is 9.53 Å². The number of hydrogen-bond acceptors (Lipinski definition) is 3. The van der Waals surface area contributed by atoms with Crippen LogP contribution in [-0.2, 0) is 15.1 Å². The van der Waals surface area contributed by atoms with Gasteiger partial charge in [-0.25, -0.2) is 4.79 Å². The molecule has 0 radical (unpaired) electrons. The number of hydrogen-bond donors (Lipinski definition) is 1. The van der Waals surface area contributed by atoms with Crippen LogP contribution in [0.15, 0.2) is 30.3 Å². The van der Waals surface area contributed by atoms with Gasteiger partial charge in [-0.15, -0.1) is 0 Å². The highest BCUT2D eigenvalue weighted by Crippen LogP contribution is 2.30.